The third kappa shape index (κ3) is 2.60. The molecule has 0 aliphatic carbocycles. The molecule has 0 amide bonds. The van der Waals surface area contributed by atoms with Crippen LogP contribution < -0.4 is 0 Å². The van der Waals surface area contributed by atoms with E-state index < -0.39 is 0 Å². The zero-order valence-electron chi connectivity index (χ0n) is 9.22. The molecule has 2 nitrogen and oxygen atoms in total. The summed E-state index contributed by atoms with van der Waals surface area (Å²) in [4.78, 5) is 11.3. The van der Waals surface area contributed by atoms with Gasteiger partial charge in [0.05, 0.1) is 0 Å². The lowest BCUT2D eigenvalue weighted by atomic mass is 10.1. The highest BCUT2D eigenvalue weighted by atomic mass is 16.5. The summed E-state index contributed by atoms with van der Waals surface area (Å²) < 4.78 is 5.23. The molecule has 16 heavy (non-hydrogen) atoms. The van der Waals surface area contributed by atoms with Crippen molar-refractivity contribution in [3.8, 4) is 0 Å². The van der Waals surface area contributed by atoms with Crippen molar-refractivity contribution < 1.29 is 9.53 Å². The largest absolute Gasteiger partial charge is 0.454 e. The van der Waals surface area contributed by atoms with Gasteiger partial charge in [0.25, 0.3) is 0 Å². The molecule has 0 radical (unpaired) electrons. The predicted molar refractivity (Wildman–Crippen MR) is 63.7 cm³/mol. The minimum atomic E-state index is -0.214. The molecule has 0 saturated carbocycles. The highest BCUT2D eigenvalue weighted by molar-refractivity contribution is 5.88. The van der Waals surface area contributed by atoms with Gasteiger partial charge in [-0.15, -0.1) is 0 Å². The Morgan fingerprint density at radius 1 is 1.31 bits per heavy atom. The van der Waals surface area contributed by atoms with Crippen molar-refractivity contribution in [3.63, 3.8) is 0 Å². The Bertz CT molecular complexity index is 429. The summed E-state index contributed by atoms with van der Waals surface area (Å²) in [5.74, 6) is -0.214. The van der Waals surface area contributed by atoms with Crippen LogP contribution in [0.25, 0.3) is 6.08 Å². The monoisotopic (exact) mass is 214 g/mol. The molecule has 1 aromatic carbocycles. The average molecular weight is 214 g/mol. The number of hydrogen-bond donors (Lipinski definition) is 0. The van der Waals surface area contributed by atoms with Gasteiger partial charge in [0, 0.05) is 12.0 Å². The van der Waals surface area contributed by atoms with Gasteiger partial charge in [0.15, 0.2) is 0 Å². The van der Waals surface area contributed by atoms with Gasteiger partial charge in [0.1, 0.15) is 6.10 Å². The van der Waals surface area contributed by atoms with Crippen LogP contribution in [-0.2, 0) is 9.53 Å². The first-order valence-corrected chi connectivity index (χ1v) is 5.37. The van der Waals surface area contributed by atoms with Crippen LogP contribution in [0.3, 0.4) is 0 Å². The quantitative estimate of drug-likeness (QED) is 0.707. The van der Waals surface area contributed by atoms with Gasteiger partial charge in [-0.1, -0.05) is 42.5 Å². The first kappa shape index (κ1) is 10.7. The molecule has 2 heteroatoms. The molecular formula is C14H14O2. The van der Waals surface area contributed by atoms with E-state index in [0.717, 1.165) is 12.0 Å². The summed E-state index contributed by atoms with van der Waals surface area (Å²) in [5, 5.41) is 0. The number of rotatable bonds is 2. The third-order valence-corrected chi connectivity index (χ3v) is 2.54. The number of ether oxygens (including phenoxy) is 1. The Balaban J connectivity index is 2.02. The van der Waals surface area contributed by atoms with Crippen LogP contribution in [0.15, 0.2) is 48.1 Å². The fourth-order valence-corrected chi connectivity index (χ4v) is 1.56. The van der Waals surface area contributed by atoms with Crippen LogP contribution >= 0.6 is 0 Å². The maximum absolute atomic E-state index is 11.3. The van der Waals surface area contributed by atoms with E-state index in [2.05, 4.69) is 0 Å². The molecule has 0 unspecified atom stereocenters. The summed E-state index contributed by atoms with van der Waals surface area (Å²) in [6.07, 6.45) is 6.46. The molecule has 1 heterocycles. The molecule has 0 N–H and O–H groups in total. The van der Waals surface area contributed by atoms with Crippen LogP contribution in [-0.4, -0.2) is 12.1 Å². The Hall–Kier alpha value is -1.83. The Morgan fingerprint density at radius 2 is 2.06 bits per heavy atom. The highest BCUT2D eigenvalue weighted by Crippen LogP contribution is 2.15. The van der Waals surface area contributed by atoms with Crippen molar-refractivity contribution in [3.05, 3.63) is 53.6 Å². The van der Waals surface area contributed by atoms with Gasteiger partial charge in [-0.2, -0.15) is 0 Å². The highest BCUT2D eigenvalue weighted by Gasteiger charge is 2.17. The number of esters is 1. The van der Waals surface area contributed by atoms with E-state index in [1.54, 1.807) is 6.92 Å². The number of benzene rings is 1. The molecule has 0 fully saturated rings. The second kappa shape index (κ2) is 4.79. The molecule has 0 spiro atoms. The summed E-state index contributed by atoms with van der Waals surface area (Å²) in [7, 11) is 0. The summed E-state index contributed by atoms with van der Waals surface area (Å²) in [5.41, 5.74) is 1.81. The minimum absolute atomic E-state index is 0.128. The lowest BCUT2D eigenvalue weighted by Gasteiger charge is -2.17. The molecule has 1 aliphatic rings. The molecule has 0 saturated heterocycles. The molecular weight excluding hydrogens is 200 g/mol. The van der Waals surface area contributed by atoms with Crippen molar-refractivity contribution in [2.45, 2.75) is 19.4 Å². The van der Waals surface area contributed by atoms with Crippen molar-refractivity contribution in [1.29, 1.82) is 0 Å². The summed E-state index contributed by atoms with van der Waals surface area (Å²) in [6.45, 7) is 1.78. The molecule has 0 aromatic heterocycles. The maximum atomic E-state index is 11.3. The van der Waals surface area contributed by atoms with E-state index >= 15 is 0 Å². The Labute approximate surface area is 95.2 Å². The van der Waals surface area contributed by atoms with Crippen LogP contribution in [0.4, 0.5) is 0 Å². The number of hydrogen-bond acceptors (Lipinski definition) is 2. The zero-order valence-corrected chi connectivity index (χ0v) is 9.22. The van der Waals surface area contributed by atoms with Gasteiger partial charge < -0.3 is 4.74 Å². The smallest absolute Gasteiger partial charge is 0.333 e. The molecule has 1 aliphatic heterocycles. The topological polar surface area (TPSA) is 26.3 Å². The fraction of sp³-hybridized carbons (Fsp3) is 0.214. The zero-order chi connectivity index (χ0) is 11.4. The minimum Gasteiger partial charge on any atom is -0.454 e. The van der Waals surface area contributed by atoms with Crippen molar-refractivity contribution >= 4 is 12.0 Å². The van der Waals surface area contributed by atoms with Gasteiger partial charge in [-0.3, -0.25) is 0 Å². The summed E-state index contributed by atoms with van der Waals surface area (Å²) in [6, 6.07) is 9.97. The second-order valence-electron chi connectivity index (χ2n) is 3.84. The third-order valence-electron chi connectivity index (χ3n) is 2.54. The van der Waals surface area contributed by atoms with Crippen molar-refractivity contribution in [2.75, 3.05) is 0 Å². The van der Waals surface area contributed by atoms with E-state index in [1.807, 2.05) is 48.6 Å². The van der Waals surface area contributed by atoms with Gasteiger partial charge in [0.2, 0.25) is 0 Å². The van der Waals surface area contributed by atoms with E-state index in [9.17, 15) is 4.79 Å². The van der Waals surface area contributed by atoms with Crippen molar-refractivity contribution in [1.82, 2.24) is 0 Å². The van der Waals surface area contributed by atoms with Crippen molar-refractivity contribution in [2.24, 2.45) is 0 Å². The maximum Gasteiger partial charge on any atom is 0.333 e. The molecule has 1 atom stereocenters. The number of carbonyl (C=O) groups is 1. The van der Waals surface area contributed by atoms with E-state index in [0.29, 0.717) is 5.57 Å². The second-order valence-corrected chi connectivity index (χ2v) is 3.84. The van der Waals surface area contributed by atoms with Crippen LogP contribution in [0.2, 0.25) is 0 Å². The number of cyclic esters (lactones) is 1. The molecule has 1 aromatic rings. The fourth-order valence-electron chi connectivity index (χ4n) is 1.56. The molecule has 0 bridgehead atoms. The van der Waals surface area contributed by atoms with Crippen LogP contribution in [0.1, 0.15) is 18.9 Å². The van der Waals surface area contributed by atoms with Gasteiger partial charge in [-0.05, 0) is 18.6 Å². The molecule has 2 rings (SSSR count). The standard InChI is InChI=1S/C14H14O2/c1-11-7-9-13(16-14(11)15)10-8-12-5-3-2-4-6-12/h2-8,10,13H,9H2,1H3/b10-8+/t13-/m0/s1. The van der Waals surface area contributed by atoms with Gasteiger partial charge >= 0.3 is 5.97 Å². The normalized spacial score (nSPS) is 20.7. The van der Waals surface area contributed by atoms with E-state index in [-0.39, 0.29) is 12.1 Å². The SMILES string of the molecule is CC1=CC[C@@H](/C=C/c2ccccc2)OC1=O. The van der Waals surface area contributed by atoms with Gasteiger partial charge in [-0.25, -0.2) is 4.79 Å². The molecule has 82 valence electrons. The average Bonchev–Trinajstić information content (AvgIpc) is 2.32. The van der Waals surface area contributed by atoms with Crippen LogP contribution in [0, 0.1) is 0 Å². The lowest BCUT2D eigenvalue weighted by molar-refractivity contribution is -0.143. The first-order valence-electron chi connectivity index (χ1n) is 5.37. The lowest BCUT2D eigenvalue weighted by Crippen LogP contribution is -2.20. The number of carbonyl (C=O) groups excluding carboxylic acids is 1. The van der Waals surface area contributed by atoms with Crippen LogP contribution in [0.5, 0.6) is 0 Å². The Morgan fingerprint density at radius 3 is 2.75 bits per heavy atom. The van der Waals surface area contributed by atoms with E-state index in [1.165, 1.54) is 0 Å². The first-order chi connectivity index (χ1) is 7.75. The Kier molecular flexibility index (Phi) is 3.20. The summed E-state index contributed by atoms with van der Waals surface area (Å²) >= 11 is 0. The predicted octanol–water partition coefficient (Wildman–Crippen LogP) is 2.96. The van der Waals surface area contributed by atoms with E-state index in [4.69, 9.17) is 4.74 Å².